The Labute approximate surface area is 159 Å². The number of benzene rings is 2. The van der Waals surface area contributed by atoms with Crippen molar-refractivity contribution in [2.24, 2.45) is 0 Å². The Bertz CT molecular complexity index is 809. The van der Waals surface area contributed by atoms with Gasteiger partial charge in [0.2, 0.25) is 10.0 Å². The minimum atomic E-state index is -3.60. The molecule has 0 saturated heterocycles. The van der Waals surface area contributed by atoms with E-state index in [0.717, 1.165) is 5.56 Å². The lowest BCUT2D eigenvalue weighted by atomic mass is 10.1. The van der Waals surface area contributed by atoms with E-state index in [0.29, 0.717) is 22.2 Å². The monoisotopic (exact) mass is 400 g/mol. The predicted molar refractivity (Wildman–Crippen MR) is 104 cm³/mol. The molecule has 2 rings (SSSR count). The number of nitrogens with one attached hydrogen (secondary N) is 2. The fourth-order valence-electron chi connectivity index (χ4n) is 2.13. The summed E-state index contributed by atoms with van der Waals surface area (Å²) < 4.78 is 27.4. The summed E-state index contributed by atoms with van der Waals surface area (Å²) in [7, 11) is -3.60. The molecular formula is C18H22Cl2N2O2S. The zero-order valence-electron chi connectivity index (χ0n) is 14.4. The Morgan fingerprint density at radius 1 is 0.880 bits per heavy atom. The van der Waals surface area contributed by atoms with E-state index in [1.54, 1.807) is 30.3 Å². The van der Waals surface area contributed by atoms with Crippen LogP contribution in [-0.2, 0) is 23.1 Å². The number of sulfonamides is 1. The Morgan fingerprint density at radius 3 is 1.96 bits per heavy atom. The van der Waals surface area contributed by atoms with Crippen molar-refractivity contribution in [2.45, 2.75) is 44.3 Å². The molecule has 0 atom stereocenters. The van der Waals surface area contributed by atoms with Crippen LogP contribution in [0.5, 0.6) is 0 Å². The smallest absolute Gasteiger partial charge is 0.240 e. The molecule has 136 valence electrons. The van der Waals surface area contributed by atoms with Crippen LogP contribution in [0.4, 0.5) is 0 Å². The molecule has 0 spiro atoms. The highest BCUT2D eigenvalue weighted by Gasteiger charge is 2.14. The predicted octanol–water partition coefficient (Wildman–Crippen LogP) is 4.36. The fourth-order valence-corrected chi connectivity index (χ4v) is 3.72. The molecule has 0 unspecified atom stereocenters. The minimum absolute atomic E-state index is 0.00450. The van der Waals surface area contributed by atoms with E-state index in [9.17, 15) is 8.42 Å². The van der Waals surface area contributed by atoms with Crippen LogP contribution in [0.2, 0.25) is 10.0 Å². The van der Waals surface area contributed by atoms with Crippen molar-refractivity contribution in [1.29, 1.82) is 0 Å². The molecule has 0 heterocycles. The minimum Gasteiger partial charge on any atom is -0.308 e. The Kier molecular flexibility index (Phi) is 6.51. The number of hydrogen-bond donors (Lipinski definition) is 2. The van der Waals surface area contributed by atoms with Gasteiger partial charge >= 0.3 is 0 Å². The van der Waals surface area contributed by atoms with Gasteiger partial charge in [-0.3, -0.25) is 0 Å². The standard InChI is InChI=1S/C18H22Cl2N2O2S/c1-18(2,3)21-11-13-4-6-17(7-5-13)25(23,24)22-12-14-8-15(19)10-16(20)9-14/h4-10,21-22H,11-12H2,1-3H3. The molecule has 2 aromatic carbocycles. The summed E-state index contributed by atoms with van der Waals surface area (Å²) in [5.74, 6) is 0. The maximum atomic E-state index is 12.4. The van der Waals surface area contributed by atoms with Gasteiger partial charge in [-0.2, -0.15) is 0 Å². The van der Waals surface area contributed by atoms with Gasteiger partial charge in [0, 0.05) is 28.7 Å². The first-order valence-electron chi connectivity index (χ1n) is 7.84. The lowest BCUT2D eigenvalue weighted by Crippen LogP contribution is -2.35. The van der Waals surface area contributed by atoms with Crippen LogP contribution >= 0.6 is 23.2 Å². The van der Waals surface area contributed by atoms with Crippen molar-refractivity contribution in [3.05, 3.63) is 63.6 Å². The first-order valence-corrected chi connectivity index (χ1v) is 10.1. The highest BCUT2D eigenvalue weighted by molar-refractivity contribution is 7.89. The lowest BCUT2D eigenvalue weighted by molar-refractivity contribution is 0.424. The van der Waals surface area contributed by atoms with Gasteiger partial charge in [-0.1, -0.05) is 35.3 Å². The molecule has 7 heteroatoms. The van der Waals surface area contributed by atoms with Crippen molar-refractivity contribution < 1.29 is 8.42 Å². The van der Waals surface area contributed by atoms with Crippen LogP contribution in [0.3, 0.4) is 0 Å². The van der Waals surface area contributed by atoms with E-state index < -0.39 is 10.0 Å². The topological polar surface area (TPSA) is 58.2 Å². The Morgan fingerprint density at radius 2 is 1.44 bits per heavy atom. The average Bonchev–Trinajstić information content (AvgIpc) is 2.50. The maximum Gasteiger partial charge on any atom is 0.240 e. The van der Waals surface area contributed by atoms with Crippen molar-refractivity contribution in [2.75, 3.05) is 0 Å². The second-order valence-corrected chi connectivity index (χ2v) is 9.49. The molecule has 0 aromatic heterocycles. The van der Waals surface area contributed by atoms with Crippen LogP contribution < -0.4 is 10.0 Å². The summed E-state index contributed by atoms with van der Waals surface area (Å²) in [6.45, 7) is 7.04. The fraction of sp³-hybridized carbons (Fsp3) is 0.333. The second-order valence-electron chi connectivity index (χ2n) is 6.85. The SMILES string of the molecule is CC(C)(C)NCc1ccc(S(=O)(=O)NCc2cc(Cl)cc(Cl)c2)cc1. The molecule has 0 aliphatic heterocycles. The highest BCUT2D eigenvalue weighted by Crippen LogP contribution is 2.19. The molecule has 0 amide bonds. The summed E-state index contributed by atoms with van der Waals surface area (Å²) in [6, 6.07) is 11.8. The number of hydrogen-bond acceptors (Lipinski definition) is 3. The largest absolute Gasteiger partial charge is 0.308 e. The molecule has 2 aromatic rings. The van der Waals surface area contributed by atoms with Gasteiger partial charge in [0.05, 0.1) is 4.90 Å². The summed E-state index contributed by atoms with van der Waals surface area (Å²) in [5, 5.41) is 4.30. The first-order chi connectivity index (χ1) is 11.5. The summed E-state index contributed by atoms with van der Waals surface area (Å²) in [4.78, 5) is 0.222. The highest BCUT2D eigenvalue weighted by atomic mass is 35.5. The Balaban J connectivity index is 2.03. The first kappa shape index (κ1) is 20.2. The van der Waals surface area contributed by atoms with Crippen molar-refractivity contribution in [3.63, 3.8) is 0 Å². The zero-order chi connectivity index (χ0) is 18.7. The third-order valence-corrected chi connectivity index (χ3v) is 5.30. The van der Waals surface area contributed by atoms with Gasteiger partial charge in [0.1, 0.15) is 0 Å². The maximum absolute atomic E-state index is 12.4. The normalized spacial score (nSPS) is 12.4. The zero-order valence-corrected chi connectivity index (χ0v) is 16.8. The number of rotatable bonds is 6. The van der Waals surface area contributed by atoms with E-state index in [2.05, 4.69) is 30.8 Å². The molecule has 0 bridgehead atoms. The molecule has 0 aliphatic carbocycles. The van der Waals surface area contributed by atoms with Crippen LogP contribution in [0.1, 0.15) is 31.9 Å². The quantitative estimate of drug-likeness (QED) is 0.756. The Hall–Kier alpha value is -1.11. The van der Waals surface area contributed by atoms with Crippen LogP contribution in [0.25, 0.3) is 0 Å². The third kappa shape index (κ3) is 6.60. The van der Waals surface area contributed by atoms with Crippen molar-refractivity contribution >= 4 is 33.2 Å². The molecule has 0 aliphatic rings. The van der Waals surface area contributed by atoms with E-state index in [4.69, 9.17) is 23.2 Å². The summed E-state index contributed by atoms with van der Waals surface area (Å²) >= 11 is 11.9. The van der Waals surface area contributed by atoms with Gasteiger partial charge < -0.3 is 5.32 Å². The number of halogens is 2. The van der Waals surface area contributed by atoms with Gasteiger partial charge in [-0.15, -0.1) is 0 Å². The summed E-state index contributed by atoms with van der Waals surface area (Å²) in [6.07, 6.45) is 0. The molecule has 25 heavy (non-hydrogen) atoms. The third-order valence-electron chi connectivity index (χ3n) is 3.45. The molecule has 0 radical (unpaired) electrons. The molecule has 0 saturated carbocycles. The second kappa shape index (κ2) is 8.06. The van der Waals surface area contributed by atoms with Crippen molar-refractivity contribution in [3.8, 4) is 0 Å². The van der Waals surface area contributed by atoms with Gasteiger partial charge in [-0.25, -0.2) is 13.1 Å². The van der Waals surface area contributed by atoms with Crippen LogP contribution in [-0.4, -0.2) is 14.0 Å². The van der Waals surface area contributed by atoms with E-state index in [1.165, 1.54) is 0 Å². The van der Waals surface area contributed by atoms with Crippen LogP contribution in [0, 0.1) is 0 Å². The van der Waals surface area contributed by atoms with E-state index >= 15 is 0 Å². The molecule has 2 N–H and O–H groups in total. The molecule has 4 nitrogen and oxygen atoms in total. The van der Waals surface area contributed by atoms with Crippen molar-refractivity contribution in [1.82, 2.24) is 10.0 Å². The van der Waals surface area contributed by atoms with E-state index in [1.807, 2.05) is 12.1 Å². The molecule has 0 fully saturated rings. The van der Waals surface area contributed by atoms with Gasteiger partial charge in [0.25, 0.3) is 0 Å². The van der Waals surface area contributed by atoms with Gasteiger partial charge in [-0.05, 0) is 62.2 Å². The van der Waals surface area contributed by atoms with Crippen LogP contribution in [0.15, 0.2) is 47.4 Å². The summed E-state index contributed by atoms with van der Waals surface area (Å²) in [5.41, 5.74) is 1.73. The van der Waals surface area contributed by atoms with E-state index in [-0.39, 0.29) is 17.0 Å². The average molecular weight is 401 g/mol. The molecular weight excluding hydrogens is 379 g/mol. The van der Waals surface area contributed by atoms with Gasteiger partial charge in [0.15, 0.2) is 0 Å². The lowest BCUT2D eigenvalue weighted by Gasteiger charge is -2.20.